The van der Waals surface area contributed by atoms with Crippen LogP contribution in [0, 0.1) is 11.8 Å². The Kier molecular flexibility index (Phi) is 5.10. The third kappa shape index (κ3) is 3.97. The van der Waals surface area contributed by atoms with Crippen molar-refractivity contribution in [3.05, 3.63) is 65.7 Å². The second kappa shape index (κ2) is 7.82. The fraction of sp³-hybridized carbons (Fsp3) is 0.364. The first-order chi connectivity index (χ1) is 13.2. The summed E-state index contributed by atoms with van der Waals surface area (Å²) >= 11 is 0. The fourth-order valence-electron chi connectivity index (χ4n) is 3.99. The first kappa shape index (κ1) is 17.6. The van der Waals surface area contributed by atoms with E-state index in [-0.39, 0.29) is 17.7 Å². The number of carbonyl (C=O) groups excluding carboxylic acids is 2. The van der Waals surface area contributed by atoms with Crippen molar-refractivity contribution in [3.8, 4) is 5.75 Å². The van der Waals surface area contributed by atoms with Crippen LogP contribution in [-0.2, 0) is 11.2 Å². The summed E-state index contributed by atoms with van der Waals surface area (Å²) in [6.45, 7) is 2.54. The van der Waals surface area contributed by atoms with Gasteiger partial charge in [0.15, 0.2) is 0 Å². The van der Waals surface area contributed by atoms with Crippen LogP contribution in [0.1, 0.15) is 22.3 Å². The molecule has 0 radical (unpaired) electrons. The van der Waals surface area contributed by atoms with Crippen LogP contribution in [0.15, 0.2) is 54.6 Å². The lowest BCUT2D eigenvalue weighted by Gasteiger charge is -2.23. The Hall–Kier alpha value is -2.82. The number of fused-ring (bicyclic) bond motifs is 1. The number of para-hydroxylation sites is 1. The summed E-state index contributed by atoms with van der Waals surface area (Å²) in [7, 11) is 0. The van der Waals surface area contributed by atoms with Gasteiger partial charge in [0.25, 0.3) is 5.91 Å². The van der Waals surface area contributed by atoms with Crippen molar-refractivity contribution >= 4 is 11.8 Å². The van der Waals surface area contributed by atoms with Gasteiger partial charge in [0.2, 0.25) is 5.91 Å². The summed E-state index contributed by atoms with van der Waals surface area (Å²) in [6, 6.07) is 17.6. The smallest absolute Gasteiger partial charge is 0.257 e. The molecule has 2 aliphatic rings. The second-order valence-corrected chi connectivity index (χ2v) is 7.32. The van der Waals surface area contributed by atoms with Crippen LogP contribution < -0.4 is 10.1 Å². The van der Waals surface area contributed by atoms with Crippen LogP contribution >= 0.6 is 0 Å². The average Bonchev–Trinajstić information content (AvgIpc) is 3.12. The van der Waals surface area contributed by atoms with Crippen molar-refractivity contribution in [2.24, 2.45) is 11.8 Å². The molecule has 140 valence electrons. The Morgan fingerprint density at radius 3 is 2.63 bits per heavy atom. The third-order valence-corrected chi connectivity index (χ3v) is 5.48. The average molecular weight is 364 g/mol. The van der Waals surface area contributed by atoms with E-state index in [2.05, 4.69) is 17.4 Å². The molecule has 4 rings (SSSR count). The highest BCUT2D eigenvalue weighted by molar-refractivity contribution is 5.97. The molecule has 0 aromatic heterocycles. The molecule has 1 N–H and O–H groups in total. The van der Waals surface area contributed by atoms with E-state index in [4.69, 9.17) is 4.74 Å². The molecule has 2 heterocycles. The SMILES string of the molecule is O=C1C[C@@H]2CN(C(=O)c3ccccc3OCCc3ccccc3)C[C@@H]2CN1. The second-order valence-electron chi connectivity index (χ2n) is 7.32. The van der Waals surface area contributed by atoms with Gasteiger partial charge in [-0.2, -0.15) is 0 Å². The number of hydrogen-bond donors (Lipinski definition) is 1. The number of hydrogen-bond acceptors (Lipinski definition) is 3. The van der Waals surface area contributed by atoms with Crippen molar-refractivity contribution in [2.45, 2.75) is 12.8 Å². The highest BCUT2D eigenvalue weighted by Gasteiger charge is 2.39. The maximum atomic E-state index is 13.1. The van der Waals surface area contributed by atoms with Gasteiger partial charge in [0.1, 0.15) is 5.75 Å². The number of nitrogens with zero attached hydrogens (tertiary/aromatic N) is 1. The van der Waals surface area contributed by atoms with Crippen molar-refractivity contribution in [1.29, 1.82) is 0 Å². The molecular weight excluding hydrogens is 340 g/mol. The minimum absolute atomic E-state index is 0.00726. The molecule has 0 saturated carbocycles. The lowest BCUT2D eigenvalue weighted by molar-refractivity contribution is -0.124. The molecule has 2 aromatic rings. The summed E-state index contributed by atoms with van der Waals surface area (Å²) in [5.41, 5.74) is 1.81. The van der Waals surface area contributed by atoms with Crippen molar-refractivity contribution in [2.75, 3.05) is 26.2 Å². The van der Waals surface area contributed by atoms with E-state index in [1.807, 2.05) is 47.4 Å². The molecule has 2 atom stereocenters. The maximum absolute atomic E-state index is 13.1. The molecule has 5 heteroatoms. The van der Waals surface area contributed by atoms with E-state index in [0.717, 1.165) is 6.42 Å². The molecule has 2 aromatic carbocycles. The van der Waals surface area contributed by atoms with Gasteiger partial charge in [-0.05, 0) is 29.5 Å². The molecule has 2 amide bonds. The molecule has 5 nitrogen and oxygen atoms in total. The minimum atomic E-state index is -0.00726. The molecule has 0 bridgehead atoms. The number of rotatable bonds is 5. The van der Waals surface area contributed by atoms with E-state index in [1.165, 1.54) is 5.56 Å². The van der Waals surface area contributed by atoms with Crippen LogP contribution in [0.25, 0.3) is 0 Å². The highest BCUT2D eigenvalue weighted by atomic mass is 16.5. The predicted octanol–water partition coefficient (Wildman–Crippen LogP) is 2.52. The van der Waals surface area contributed by atoms with E-state index < -0.39 is 0 Å². The van der Waals surface area contributed by atoms with Gasteiger partial charge in [-0.3, -0.25) is 9.59 Å². The lowest BCUT2D eigenvalue weighted by Crippen LogP contribution is -2.40. The number of likely N-dealkylation sites (tertiary alicyclic amines) is 1. The zero-order chi connectivity index (χ0) is 18.6. The number of benzene rings is 2. The normalized spacial score (nSPS) is 21.5. The Morgan fingerprint density at radius 1 is 1.04 bits per heavy atom. The molecule has 2 aliphatic heterocycles. The molecule has 0 spiro atoms. The van der Waals surface area contributed by atoms with Crippen LogP contribution in [-0.4, -0.2) is 43.0 Å². The molecule has 0 unspecified atom stereocenters. The molecule has 2 saturated heterocycles. The third-order valence-electron chi connectivity index (χ3n) is 5.48. The number of ether oxygens (including phenoxy) is 1. The highest BCUT2D eigenvalue weighted by Crippen LogP contribution is 2.31. The Labute approximate surface area is 159 Å². The lowest BCUT2D eigenvalue weighted by atomic mass is 9.89. The summed E-state index contributed by atoms with van der Waals surface area (Å²) in [5.74, 6) is 1.34. The summed E-state index contributed by atoms with van der Waals surface area (Å²) in [4.78, 5) is 26.5. The van der Waals surface area contributed by atoms with Gasteiger partial charge in [-0.1, -0.05) is 42.5 Å². The van der Waals surface area contributed by atoms with Crippen molar-refractivity contribution in [1.82, 2.24) is 10.2 Å². The van der Waals surface area contributed by atoms with Crippen LogP contribution in [0.5, 0.6) is 5.75 Å². The minimum Gasteiger partial charge on any atom is -0.492 e. The Bertz CT molecular complexity index is 821. The number of nitrogens with one attached hydrogen (secondary N) is 1. The zero-order valence-corrected chi connectivity index (χ0v) is 15.3. The van der Waals surface area contributed by atoms with Gasteiger partial charge in [-0.25, -0.2) is 0 Å². The number of piperidine rings is 1. The van der Waals surface area contributed by atoms with Gasteiger partial charge >= 0.3 is 0 Å². The van der Waals surface area contributed by atoms with Crippen molar-refractivity contribution in [3.63, 3.8) is 0 Å². The van der Waals surface area contributed by atoms with E-state index in [1.54, 1.807) is 0 Å². The first-order valence-electron chi connectivity index (χ1n) is 9.52. The fourth-order valence-corrected chi connectivity index (χ4v) is 3.99. The molecular formula is C22H24N2O3. The maximum Gasteiger partial charge on any atom is 0.257 e. The summed E-state index contributed by atoms with van der Waals surface area (Å²) in [6.07, 6.45) is 1.31. The summed E-state index contributed by atoms with van der Waals surface area (Å²) < 4.78 is 5.94. The molecule has 0 aliphatic carbocycles. The van der Waals surface area contributed by atoms with Gasteiger partial charge in [0, 0.05) is 32.5 Å². The van der Waals surface area contributed by atoms with Crippen molar-refractivity contribution < 1.29 is 14.3 Å². The number of amides is 2. The molecule has 2 fully saturated rings. The monoisotopic (exact) mass is 364 g/mol. The van der Waals surface area contributed by atoms with E-state index in [0.29, 0.717) is 49.9 Å². The van der Waals surface area contributed by atoms with Crippen LogP contribution in [0.4, 0.5) is 0 Å². The van der Waals surface area contributed by atoms with E-state index in [9.17, 15) is 9.59 Å². The zero-order valence-electron chi connectivity index (χ0n) is 15.3. The van der Waals surface area contributed by atoms with Crippen LogP contribution in [0.3, 0.4) is 0 Å². The standard InChI is InChI=1S/C22H24N2O3/c25-21-12-17-14-24(15-18(17)13-23-21)22(26)19-8-4-5-9-20(19)27-11-10-16-6-2-1-3-7-16/h1-9,17-18H,10-15H2,(H,23,25)/t17-,18+/m1/s1. The quantitative estimate of drug-likeness (QED) is 0.887. The van der Waals surface area contributed by atoms with Gasteiger partial charge in [-0.15, -0.1) is 0 Å². The largest absolute Gasteiger partial charge is 0.492 e. The number of carbonyl (C=O) groups is 2. The Morgan fingerprint density at radius 2 is 1.78 bits per heavy atom. The van der Waals surface area contributed by atoms with E-state index >= 15 is 0 Å². The molecule has 27 heavy (non-hydrogen) atoms. The van der Waals surface area contributed by atoms with Gasteiger partial charge in [0.05, 0.1) is 12.2 Å². The topological polar surface area (TPSA) is 58.6 Å². The Balaban J connectivity index is 1.41. The van der Waals surface area contributed by atoms with Gasteiger partial charge < -0.3 is 15.0 Å². The predicted molar refractivity (Wildman–Crippen MR) is 103 cm³/mol. The first-order valence-corrected chi connectivity index (χ1v) is 9.52. The van der Waals surface area contributed by atoms with Crippen LogP contribution in [0.2, 0.25) is 0 Å². The summed E-state index contributed by atoms with van der Waals surface area (Å²) in [5, 5.41) is 2.91.